The van der Waals surface area contributed by atoms with Crippen LogP contribution in [0.15, 0.2) is 24.5 Å². The van der Waals surface area contributed by atoms with Crippen LogP contribution in [-0.2, 0) is 23.3 Å². The lowest BCUT2D eigenvalue weighted by Gasteiger charge is -2.43. The number of H-pyrrole nitrogens is 1. The Morgan fingerprint density at radius 1 is 1.18 bits per heavy atom. The van der Waals surface area contributed by atoms with Gasteiger partial charge >= 0.3 is 0 Å². The summed E-state index contributed by atoms with van der Waals surface area (Å²) < 4.78 is 10.6. The normalized spacial score (nSPS) is 20.4. The second-order valence-electron chi connectivity index (χ2n) is 7.71. The van der Waals surface area contributed by atoms with Gasteiger partial charge in [0, 0.05) is 24.7 Å². The largest absolute Gasteiger partial charge is 0.497 e. The maximum atomic E-state index is 13.0. The molecule has 1 aromatic carbocycles. The Bertz CT molecular complexity index is 820. The third-order valence-electron chi connectivity index (χ3n) is 5.93. The van der Waals surface area contributed by atoms with Crippen LogP contribution in [0.4, 0.5) is 0 Å². The van der Waals surface area contributed by atoms with E-state index in [-0.39, 0.29) is 17.5 Å². The zero-order chi connectivity index (χ0) is 19.6. The van der Waals surface area contributed by atoms with Crippen molar-refractivity contribution in [3.8, 4) is 11.5 Å². The molecular formula is C21H28N4O3. The first kappa shape index (κ1) is 18.8. The lowest BCUT2D eigenvalue weighted by atomic mass is 9.75. The van der Waals surface area contributed by atoms with Crippen LogP contribution in [0.5, 0.6) is 11.5 Å². The molecule has 4 rings (SSSR count). The van der Waals surface area contributed by atoms with Gasteiger partial charge in [0.05, 0.1) is 37.8 Å². The van der Waals surface area contributed by atoms with Crippen molar-refractivity contribution in [3.05, 3.63) is 41.5 Å². The molecule has 2 aromatic rings. The lowest BCUT2D eigenvalue weighted by Crippen LogP contribution is -2.58. The number of benzene rings is 1. The van der Waals surface area contributed by atoms with E-state index in [1.807, 2.05) is 18.2 Å². The number of carbonyl (C=O) groups excluding carboxylic acids is 1. The molecule has 7 nitrogen and oxygen atoms in total. The maximum absolute atomic E-state index is 13.0. The van der Waals surface area contributed by atoms with E-state index < -0.39 is 0 Å². The predicted molar refractivity (Wildman–Crippen MR) is 105 cm³/mol. The number of amides is 1. The number of hydrogen-bond acceptors (Lipinski definition) is 5. The molecule has 3 N–H and O–H groups in total. The summed E-state index contributed by atoms with van der Waals surface area (Å²) in [5.41, 5.74) is 2.96. The van der Waals surface area contributed by atoms with Crippen molar-refractivity contribution in [1.82, 2.24) is 20.6 Å². The number of nitrogens with zero attached hydrogens (tertiary/aromatic N) is 1. The van der Waals surface area contributed by atoms with Crippen LogP contribution < -0.4 is 20.1 Å². The molecule has 7 heteroatoms. The van der Waals surface area contributed by atoms with Crippen molar-refractivity contribution in [2.24, 2.45) is 0 Å². The zero-order valence-corrected chi connectivity index (χ0v) is 16.5. The van der Waals surface area contributed by atoms with E-state index in [2.05, 4.69) is 20.6 Å². The van der Waals surface area contributed by atoms with E-state index in [0.29, 0.717) is 24.5 Å². The summed E-state index contributed by atoms with van der Waals surface area (Å²) >= 11 is 0. The number of ether oxygens (including phenoxy) is 2. The molecule has 0 bridgehead atoms. The van der Waals surface area contributed by atoms with Crippen molar-refractivity contribution in [2.75, 3.05) is 14.2 Å². The third kappa shape index (κ3) is 3.58. The molecule has 28 heavy (non-hydrogen) atoms. The molecule has 0 unspecified atom stereocenters. The molecular weight excluding hydrogens is 356 g/mol. The first-order valence-corrected chi connectivity index (χ1v) is 9.93. The summed E-state index contributed by atoms with van der Waals surface area (Å²) in [7, 11) is 3.24. The fraction of sp³-hybridized carbons (Fsp3) is 0.524. The average molecular weight is 384 g/mol. The summed E-state index contributed by atoms with van der Waals surface area (Å²) in [4.78, 5) is 20.8. The van der Waals surface area contributed by atoms with Gasteiger partial charge < -0.3 is 19.8 Å². The van der Waals surface area contributed by atoms with Crippen LogP contribution in [0, 0.1) is 0 Å². The first-order valence-electron chi connectivity index (χ1n) is 9.93. The topological polar surface area (TPSA) is 88.3 Å². The van der Waals surface area contributed by atoms with Gasteiger partial charge in [-0.15, -0.1) is 0 Å². The summed E-state index contributed by atoms with van der Waals surface area (Å²) in [5.74, 6) is 1.43. The predicted octanol–water partition coefficient (Wildman–Crippen LogP) is 2.42. The van der Waals surface area contributed by atoms with Crippen LogP contribution in [0.2, 0.25) is 0 Å². The standard InChI is InChI=1S/C21H28N4O3/c1-27-15-8-14(9-16(10-15)28-2)12-22-20(26)18-11-17-19(24-13-23-17)21(25-18)6-4-3-5-7-21/h8-10,13,18,25H,3-7,11-12H2,1-2H3,(H,22,26)(H,23,24)/t18-/m0/s1. The smallest absolute Gasteiger partial charge is 0.237 e. The van der Waals surface area contributed by atoms with Crippen LogP contribution >= 0.6 is 0 Å². The molecule has 150 valence electrons. The number of imidazole rings is 1. The van der Waals surface area contributed by atoms with Gasteiger partial charge in [0.15, 0.2) is 0 Å². The SMILES string of the molecule is COc1cc(CNC(=O)[C@@H]2Cc3[nH]cnc3C3(CCCCC3)N2)cc(OC)c1. The number of nitrogens with one attached hydrogen (secondary N) is 3. The van der Waals surface area contributed by atoms with Gasteiger partial charge in [-0.1, -0.05) is 19.3 Å². The first-order chi connectivity index (χ1) is 13.6. The number of aromatic amines is 1. The highest BCUT2D eigenvalue weighted by Gasteiger charge is 2.44. The van der Waals surface area contributed by atoms with Crippen LogP contribution in [0.3, 0.4) is 0 Å². The summed E-state index contributed by atoms with van der Waals surface area (Å²) in [5, 5.41) is 6.72. The van der Waals surface area contributed by atoms with Crippen LogP contribution in [0.25, 0.3) is 0 Å². The van der Waals surface area contributed by atoms with Crippen molar-refractivity contribution < 1.29 is 14.3 Å². The molecule has 0 radical (unpaired) electrons. The van der Waals surface area contributed by atoms with E-state index in [0.717, 1.165) is 42.6 Å². The van der Waals surface area contributed by atoms with E-state index in [1.165, 1.54) is 6.42 Å². The van der Waals surface area contributed by atoms with Gasteiger partial charge in [-0.3, -0.25) is 10.1 Å². The quantitative estimate of drug-likeness (QED) is 0.737. The molecule has 1 aliphatic heterocycles. The Morgan fingerprint density at radius 3 is 2.57 bits per heavy atom. The molecule has 2 aliphatic rings. The Balaban J connectivity index is 1.47. The molecule has 1 saturated carbocycles. The second-order valence-corrected chi connectivity index (χ2v) is 7.71. The number of carbonyl (C=O) groups is 1. The van der Waals surface area contributed by atoms with Gasteiger partial charge in [-0.05, 0) is 30.5 Å². The third-order valence-corrected chi connectivity index (χ3v) is 5.93. The molecule has 1 aromatic heterocycles. The zero-order valence-electron chi connectivity index (χ0n) is 16.5. The van der Waals surface area contributed by atoms with E-state index in [9.17, 15) is 4.79 Å². The Hall–Kier alpha value is -2.54. The van der Waals surface area contributed by atoms with Crippen LogP contribution in [-0.4, -0.2) is 36.1 Å². The van der Waals surface area contributed by atoms with E-state index >= 15 is 0 Å². The van der Waals surface area contributed by atoms with Gasteiger partial charge in [-0.25, -0.2) is 4.98 Å². The minimum absolute atomic E-state index is 0.00647. The number of fused-ring (bicyclic) bond motifs is 2. The van der Waals surface area contributed by atoms with Crippen LogP contribution in [0.1, 0.15) is 49.1 Å². The van der Waals surface area contributed by atoms with Gasteiger partial charge in [0.25, 0.3) is 0 Å². The molecule has 1 spiro atoms. The second kappa shape index (κ2) is 7.83. The Kier molecular flexibility index (Phi) is 5.26. The number of aromatic nitrogens is 2. The summed E-state index contributed by atoms with van der Waals surface area (Å²) in [6.45, 7) is 0.424. The van der Waals surface area contributed by atoms with Gasteiger partial charge in [0.2, 0.25) is 5.91 Å². The van der Waals surface area contributed by atoms with Crippen molar-refractivity contribution in [1.29, 1.82) is 0 Å². The van der Waals surface area contributed by atoms with Gasteiger partial charge in [-0.2, -0.15) is 0 Å². The highest BCUT2D eigenvalue weighted by molar-refractivity contribution is 5.82. The summed E-state index contributed by atoms with van der Waals surface area (Å²) in [6, 6.07) is 5.37. The highest BCUT2D eigenvalue weighted by Crippen LogP contribution is 2.40. The fourth-order valence-corrected chi connectivity index (χ4v) is 4.52. The number of hydrogen-bond donors (Lipinski definition) is 3. The van der Waals surface area contributed by atoms with Crippen molar-refractivity contribution in [3.63, 3.8) is 0 Å². The van der Waals surface area contributed by atoms with Gasteiger partial charge in [0.1, 0.15) is 11.5 Å². The maximum Gasteiger partial charge on any atom is 0.237 e. The average Bonchev–Trinajstić information content (AvgIpc) is 3.22. The Labute approximate surface area is 165 Å². The molecule has 1 amide bonds. The molecule has 1 atom stereocenters. The summed E-state index contributed by atoms with van der Waals surface area (Å²) in [6.07, 6.45) is 8.02. The molecule has 0 saturated heterocycles. The van der Waals surface area contributed by atoms with Crippen molar-refractivity contribution >= 4 is 5.91 Å². The van der Waals surface area contributed by atoms with E-state index in [1.54, 1.807) is 20.5 Å². The molecule has 2 heterocycles. The monoisotopic (exact) mass is 384 g/mol. The minimum Gasteiger partial charge on any atom is -0.497 e. The molecule has 1 aliphatic carbocycles. The fourth-order valence-electron chi connectivity index (χ4n) is 4.52. The minimum atomic E-state index is -0.265. The molecule has 1 fully saturated rings. The van der Waals surface area contributed by atoms with E-state index in [4.69, 9.17) is 9.47 Å². The van der Waals surface area contributed by atoms with Crippen molar-refractivity contribution in [2.45, 2.75) is 56.7 Å². The number of methoxy groups -OCH3 is 2. The Morgan fingerprint density at radius 2 is 1.89 bits per heavy atom. The lowest BCUT2D eigenvalue weighted by molar-refractivity contribution is -0.124. The highest BCUT2D eigenvalue weighted by atomic mass is 16.5. The number of rotatable bonds is 5.